The molecule has 1 amide bonds. The zero-order valence-electron chi connectivity index (χ0n) is 16.3. The summed E-state index contributed by atoms with van der Waals surface area (Å²) >= 11 is 0. The monoisotopic (exact) mass is 384 g/mol. The molecule has 1 aromatic carbocycles. The molecule has 0 aromatic heterocycles. The van der Waals surface area contributed by atoms with Crippen LogP contribution in [0.1, 0.15) is 51.5 Å². The van der Waals surface area contributed by atoms with E-state index < -0.39 is 0 Å². The SMILES string of the molecule is COc1ccc(C2(CNC(=O)C(C)C(C)N)CCCCC2)cc1OC.Cl. The van der Waals surface area contributed by atoms with Gasteiger partial charge in [-0.1, -0.05) is 32.3 Å². The fourth-order valence-electron chi connectivity index (χ4n) is 3.62. The second-order valence-electron chi connectivity index (χ2n) is 7.28. The van der Waals surface area contributed by atoms with Gasteiger partial charge in [0.25, 0.3) is 0 Å². The van der Waals surface area contributed by atoms with E-state index in [-0.39, 0.29) is 35.7 Å². The molecule has 6 heteroatoms. The third-order valence-corrected chi connectivity index (χ3v) is 5.61. The predicted molar refractivity (Wildman–Crippen MR) is 107 cm³/mol. The van der Waals surface area contributed by atoms with Crippen LogP contribution in [0.2, 0.25) is 0 Å². The normalized spacial score (nSPS) is 18.2. The van der Waals surface area contributed by atoms with E-state index in [1.807, 2.05) is 19.9 Å². The Hall–Kier alpha value is -1.46. The lowest BCUT2D eigenvalue weighted by atomic mass is 9.69. The minimum Gasteiger partial charge on any atom is -0.493 e. The molecule has 2 rings (SSSR count). The molecule has 0 heterocycles. The highest BCUT2D eigenvalue weighted by Crippen LogP contribution is 2.42. The van der Waals surface area contributed by atoms with Crippen LogP contribution in [-0.2, 0) is 10.2 Å². The van der Waals surface area contributed by atoms with Gasteiger partial charge in [-0.05, 0) is 37.5 Å². The molecule has 0 spiro atoms. The molecule has 1 aromatic rings. The molecule has 3 N–H and O–H groups in total. The quantitative estimate of drug-likeness (QED) is 0.755. The van der Waals surface area contributed by atoms with Gasteiger partial charge in [0.2, 0.25) is 5.91 Å². The summed E-state index contributed by atoms with van der Waals surface area (Å²) in [6.07, 6.45) is 5.73. The zero-order chi connectivity index (χ0) is 18.4. The van der Waals surface area contributed by atoms with Crippen molar-refractivity contribution in [2.45, 2.75) is 57.4 Å². The molecule has 2 atom stereocenters. The lowest BCUT2D eigenvalue weighted by Crippen LogP contribution is -2.46. The van der Waals surface area contributed by atoms with Crippen LogP contribution in [0.25, 0.3) is 0 Å². The number of carbonyl (C=O) groups is 1. The van der Waals surface area contributed by atoms with Crippen molar-refractivity contribution in [1.82, 2.24) is 5.32 Å². The van der Waals surface area contributed by atoms with Crippen LogP contribution in [0.3, 0.4) is 0 Å². The third-order valence-electron chi connectivity index (χ3n) is 5.61. The molecule has 148 valence electrons. The molecule has 0 aliphatic heterocycles. The van der Waals surface area contributed by atoms with Crippen molar-refractivity contribution in [2.24, 2.45) is 11.7 Å². The molecule has 1 aliphatic rings. The van der Waals surface area contributed by atoms with Gasteiger partial charge in [0, 0.05) is 23.9 Å². The number of benzene rings is 1. The number of halogens is 1. The van der Waals surface area contributed by atoms with Gasteiger partial charge in [-0.25, -0.2) is 0 Å². The first-order valence-corrected chi connectivity index (χ1v) is 9.19. The number of hydrogen-bond donors (Lipinski definition) is 2. The number of nitrogens with two attached hydrogens (primary N) is 1. The first-order chi connectivity index (χ1) is 11.9. The summed E-state index contributed by atoms with van der Waals surface area (Å²) in [5, 5.41) is 3.15. The summed E-state index contributed by atoms with van der Waals surface area (Å²) in [7, 11) is 3.30. The summed E-state index contributed by atoms with van der Waals surface area (Å²) in [6, 6.07) is 5.97. The van der Waals surface area contributed by atoms with Crippen LogP contribution in [0, 0.1) is 5.92 Å². The number of nitrogens with one attached hydrogen (secondary N) is 1. The molecule has 1 fully saturated rings. The van der Waals surface area contributed by atoms with Gasteiger partial charge in [-0.2, -0.15) is 0 Å². The fourth-order valence-corrected chi connectivity index (χ4v) is 3.62. The van der Waals surface area contributed by atoms with Gasteiger partial charge in [0.1, 0.15) is 0 Å². The Labute approximate surface area is 163 Å². The Balaban J connectivity index is 0.00000338. The van der Waals surface area contributed by atoms with Gasteiger partial charge in [0.05, 0.1) is 14.2 Å². The van der Waals surface area contributed by atoms with Crippen molar-refractivity contribution in [3.05, 3.63) is 23.8 Å². The molecule has 0 saturated heterocycles. The third kappa shape index (κ3) is 5.04. The van der Waals surface area contributed by atoms with E-state index in [2.05, 4.69) is 17.4 Å². The van der Waals surface area contributed by atoms with E-state index in [1.54, 1.807) is 14.2 Å². The second kappa shape index (κ2) is 10.0. The average Bonchev–Trinajstić information content (AvgIpc) is 2.65. The van der Waals surface area contributed by atoms with Gasteiger partial charge in [-0.15, -0.1) is 12.4 Å². The van der Waals surface area contributed by atoms with Crippen LogP contribution in [0.5, 0.6) is 11.5 Å². The topological polar surface area (TPSA) is 73.6 Å². The first-order valence-electron chi connectivity index (χ1n) is 9.19. The molecule has 0 radical (unpaired) electrons. The number of methoxy groups -OCH3 is 2. The molecular formula is C20H33ClN2O3. The van der Waals surface area contributed by atoms with Gasteiger partial charge >= 0.3 is 0 Å². The number of amides is 1. The second-order valence-corrected chi connectivity index (χ2v) is 7.28. The lowest BCUT2D eigenvalue weighted by Gasteiger charge is -2.38. The van der Waals surface area contributed by atoms with Crippen molar-refractivity contribution >= 4 is 18.3 Å². The minimum atomic E-state index is -0.189. The number of carbonyl (C=O) groups excluding carboxylic acids is 1. The van der Waals surface area contributed by atoms with Crippen molar-refractivity contribution in [1.29, 1.82) is 0 Å². The predicted octanol–water partition coefficient (Wildman–Crippen LogP) is 3.43. The van der Waals surface area contributed by atoms with Crippen LogP contribution >= 0.6 is 12.4 Å². The Morgan fingerprint density at radius 1 is 1.15 bits per heavy atom. The van der Waals surface area contributed by atoms with Gasteiger partial charge < -0.3 is 20.5 Å². The fraction of sp³-hybridized carbons (Fsp3) is 0.650. The highest BCUT2D eigenvalue weighted by Gasteiger charge is 2.35. The van der Waals surface area contributed by atoms with Crippen molar-refractivity contribution in [3.63, 3.8) is 0 Å². The molecule has 5 nitrogen and oxygen atoms in total. The smallest absolute Gasteiger partial charge is 0.224 e. The van der Waals surface area contributed by atoms with E-state index in [9.17, 15) is 4.79 Å². The maximum atomic E-state index is 12.4. The number of rotatable bonds is 7. The molecule has 1 saturated carbocycles. The highest BCUT2D eigenvalue weighted by molar-refractivity contribution is 5.85. The first kappa shape index (κ1) is 22.6. The molecular weight excluding hydrogens is 352 g/mol. The lowest BCUT2D eigenvalue weighted by molar-refractivity contribution is -0.125. The summed E-state index contributed by atoms with van der Waals surface area (Å²) in [4.78, 5) is 12.4. The highest BCUT2D eigenvalue weighted by atomic mass is 35.5. The standard InChI is InChI=1S/C20H32N2O3.ClH/c1-14(15(2)21)19(23)22-13-20(10-6-5-7-11-20)16-8-9-17(24-3)18(12-16)25-4;/h8-9,12,14-15H,5-7,10-11,13,21H2,1-4H3,(H,22,23);1H. The van der Waals surface area contributed by atoms with Crippen LogP contribution in [-0.4, -0.2) is 32.7 Å². The molecule has 2 unspecified atom stereocenters. The molecule has 26 heavy (non-hydrogen) atoms. The Morgan fingerprint density at radius 2 is 1.77 bits per heavy atom. The van der Waals surface area contributed by atoms with Crippen molar-refractivity contribution in [2.75, 3.05) is 20.8 Å². The van der Waals surface area contributed by atoms with E-state index >= 15 is 0 Å². The van der Waals surface area contributed by atoms with E-state index in [0.29, 0.717) is 6.54 Å². The van der Waals surface area contributed by atoms with Crippen LogP contribution < -0.4 is 20.5 Å². The van der Waals surface area contributed by atoms with Gasteiger partial charge in [0.15, 0.2) is 11.5 Å². The maximum Gasteiger partial charge on any atom is 0.224 e. The van der Waals surface area contributed by atoms with Crippen LogP contribution in [0.4, 0.5) is 0 Å². The van der Waals surface area contributed by atoms with E-state index in [0.717, 1.165) is 24.3 Å². The Bertz CT molecular complexity index is 586. The summed E-state index contributed by atoms with van der Waals surface area (Å²) in [6.45, 7) is 4.39. The maximum absolute atomic E-state index is 12.4. The summed E-state index contributed by atoms with van der Waals surface area (Å²) in [5.41, 5.74) is 7.02. The summed E-state index contributed by atoms with van der Waals surface area (Å²) in [5.74, 6) is 1.30. The number of hydrogen-bond acceptors (Lipinski definition) is 4. The minimum absolute atomic E-state index is 0. The Kier molecular flexibility index (Phi) is 8.71. The van der Waals surface area contributed by atoms with Gasteiger partial charge in [-0.3, -0.25) is 4.79 Å². The summed E-state index contributed by atoms with van der Waals surface area (Å²) < 4.78 is 10.8. The largest absolute Gasteiger partial charge is 0.493 e. The van der Waals surface area contributed by atoms with Crippen molar-refractivity contribution < 1.29 is 14.3 Å². The van der Waals surface area contributed by atoms with Crippen LogP contribution in [0.15, 0.2) is 18.2 Å². The number of ether oxygens (including phenoxy) is 2. The zero-order valence-corrected chi connectivity index (χ0v) is 17.2. The van der Waals surface area contributed by atoms with E-state index in [1.165, 1.54) is 24.8 Å². The van der Waals surface area contributed by atoms with Crippen molar-refractivity contribution in [3.8, 4) is 11.5 Å². The molecule has 0 bridgehead atoms. The Morgan fingerprint density at radius 3 is 2.31 bits per heavy atom. The van der Waals surface area contributed by atoms with E-state index in [4.69, 9.17) is 15.2 Å². The average molecular weight is 385 g/mol. The molecule has 1 aliphatic carbocycles.